The minimum Gasteiger partial charge on any atom is -0.459 e. The first-order chi connectivity index (χ1) is 17.2. The van der Waals surface area contributed by atoms with Gasteiger partial charge >= 0.3 is 5.97 Å². The number of carbonyl (C=O) groups excluding carboxylic acids is 1. The van der Waals surface area contributed by atoms with Gasteiger partial charge < -0.3 is 14.2 Å². The monoisotopic (exact) mass is 489 g/mol. The molecule has 1 heterocycles. The van der Waals surface area contributed by atoms with Gasteiger partial charge in [0.1, 0.15) is 12.0 Å². The number of rotatable bonds is 9. The second kappa shape index (κ2) is 12.4. The van der Waals surface area contributed by atoms with E-state index in [2.05, 4.69) is 10.0 Å². The molecular formula is C27H27N3O4S. The van der Waals surface area contributed by atoms with Crippen LogP contribution in [0.3, 0.4) is 0 Å². The van der Waals surface area contributed by atoms with E-state index >= 15 is 0 Å². The molecule has 7 nitrogen and oxygen atoms in total. The molecule has 1 aliphatic heterocycles. The molecule has 0 saturated carbocycles. The Labute approximate surface area is 209 Å². The Morgan fingerprint density at radius 1 is 1.00 bits per heavy atom. The summed E-state index contributed by atoms with van der Waals surface area (Å²) in [5, 5.41) is 4.08. The van der Waals surface area contributed by atoms with E-state index in [1.165, 1.54) is 11.8 Å². The molecule has 0 bridgehead atoms. The van der Waals surface area contributed by atoms with E-state index in [-0.39, 0.29) is 12.5 Å². The zero-order chi connectivity index (χ0) is 24.5. The predicted molar refractivity (Wildman–Crippen MR) is 135 cm³/mol. The number of ether oxygens (including phenoxy) is 3. The van der Waals surface area contributed by atoms with Crippen LogP contribution in [-0.4, -0.2) is 36.3 Å². The van der Waals surface area contributed by atoms with Crippen LogP contribution in [0.4, 0.5) is 0 Å². The van der Waals surface area contributed by atoms with Gasteiger partial charge in [0.25, 0.3) is 0 Å². The number of thioether (sulfide) groups is 1. The summed E-state index contributed by atoms with van der Waals surface area (Å²) in [6.07, 6.45) is -0.865. The number of hydrogen-bond acceptors (Lipinski definition) is 6. The molecule has 0 amide bonds. The Morgan fingerprint density at radius 2 is 1.63 bits per heavy atom. The average molecular weight is 490 g/mol. The molecular weight excluding hydrogens is 462 g/mol. The van der Waals surface area contributed by atoms with E-state index in [9.17, 15) is 10.3 Å². The van der Waals surface area contributed by atoms with E-state index in [0.717, 1.165) is 10.5 Å². The molecule has 1 saturated heterocycles. The molecule has 5 atom stereocenters. The van der Waals surface area contributed by atoms with E-state index < -0.39 is 29.7 Å². The SMILES string of the molecule is C[C@H]1[C@H](OCc2ccccc2)[C@@H](N=[N+]=[N-])[C@@H](Sc2ccccc2)O[C@@H]1COC(=O)c1ccccc1. The van der Waals surface area contributed by atoms with Gasteiger partial charge in [0, 0.05) is 15.7 Å². The van der Waals surface area contributed by atoms with Crippen molar-refractivity contribution in [1.82, 2.24) is 0 Å². The summed E-state index contributed by atoms with van der Waals surface area (Å²) in [5.74, 6) is -0.599. The minimum atomic E-state index is -0.565. The quantitative estimate of drug-likeness (QED) is 0.153. The first kappa shape index (κ1) is 24.8. The predicted octanol–water partition coefficient (Wildman–Crippen LogP) is 6.26. The van der Waals surface area contributed by atoms with Crippen LogP contribution in [0, 0.1) is 5.92 Å². The van der Waals surface area contributed by atoms with Gasteiger partial charge in [-0.05, 0) is 35.4 Å². The van der Waals surface area contributed by atoms with Crippen molar-refractivity contribution in [2.45, 2.75) is 42.1 Å². The molecule has 0 spiro atoms. The highest BCUT2D eigenvalue weighted by molar-refractivity contribution is 7.99. The van der Waals surface area contributed by atoms with Crippen LogP contribution in [0.5, 0.6) is 0 Å². The van der Waals surface area contributed by atoms with Gasteiger partial charge in [-0.2, -0.15) is 0 Å². The van der Waals surface area contributed by atoms with Gasteiger partial charge in [-0.1, -0.05) is 90.5 Å². The largest absolute Gasteiger partial charge is 0.459 e. The number of nitrogens with zero attached hydrogens (tertiary/aromatic N) is 3. The summed E-state index contributed by atoms with van der Waals surface area (Å²) in [6, 6.07) is 27.9. The zero-order valence-corrected chi connectivity index (χ0v) is 20.2. The fraction of sp³-hybridized carbons (Fsp3) is 0.296. The summed E-state index contributed by atoms with van der Waals surface area (Å²) < 4.78 is 18.3. The third-order valence-electron chi connectivity index (χ3n) is 5.88. The molecule has 3 aromatic rings. The van der Waals surface area contributed by atoms with Crippen molar-refractivity contribution in [3.05, 3.63) is 113 Å². The topological polar surface area (TPSA) is 93.5 Å². The van der Waals surface area contributed by atoms with Crippen LogP contribution in [0.1, 0.15) is 22.8 Å². The average Bonchev–Trinajstić information content (AvgIpc) is 2.90. The van der Waals surface area contributed by atoms with Crippen molar-refractivity contribution in [1.29, 1.82) is 0 Å². The standard InChI is InChI=1S/C27H27N3O4S/c1-19-23(18-33-26(31)21-13-7-3-8-14-21)34-27(35-22-15-9-4-10-16-22)24(29-30-28)25(19)32-17-20-11-5-2-6-12-20/h2-16,19,23-25,27H,17-18H2,1H3/t19-,23-,24-,25+,27-/m1/s1. The first-order valence-corrected chi connectivity index (χ1v) is 12.3. The summed E-state index contributed by atoms with van der Waals surface area (Å²) in [6.45, 7) is 2.40. The summed E-state index contributed by atoms with van der Waals surface area (Å²) in [7, 11) is 0. The molecule has 1 fully saturated rings. The molecule has 8 heteroatoms. The molecule has 0 N–H and O–H groups in total. The van der Waals surface area contributed by atoms with Crippen molar-refractivity contribution >= 4 is 17.7 Å². The molecule has 180 valence electrons. The van der Waals surface area contributed by atoms with Crippen LogP contribution in [0.2, 0.25) is 0 Å². The van der Waals surface area contributed by atoms with Crippen molar-refractivity contribution < 1.29 is 19.0 Å². The molecule has 3 aromatic carbocycles. The number of carbonyl (C=O) groups is 1. The van der Waals surface area contributed by atoms with E-state index in [1.54, 1.807) is 24.3 Å². The third-order valence-corrected chi connectivity index (χ3v) is 7.05. The smallest absolute Gasteiger partial charge is 0.338 e. The van der Waals surface area contributed by atoms with Crippen LogP contribution in [0.15, 0.2) is 101 Å². The molecule has 35 heavy (non-hydrogen) atoms. The zero-order valence-electron chi connectivity index (χ0n) is 19.3. The van der Waals surface area contributed by atoms with Gasteiger partial charge in [-0.3, -0.25) is 0 Å². The fourth-order valence-corrected chi connectivity index (χ4v) is 5.12. The molecule has 1 aliphatic rings. The number of azide groups is 1. The van der Waals surface area contributed by atoms with Gasteiger partial charge in [-0.25, -0.2) is 4.79 Å². The molecule has 0 radical (unpaired) electrons. The fourth-order valence-electron chi connectivity index (χ4n) is 3.99. The minimum absolute atomic E-state index is 0.0644. The van der Waals surface area contributed by atoms with Crippen molar-refractivity contribution in [2.24, 2.45) is 11.0 Å². The molecule has 4 rings (SSSR count). The summed E-state index contributed by atoms with van der Waals surface area (Å²) in [4.78, 5) is 16.6. The third kappa shape index (κ3) is 6.65. The number of hydrogen-bond donors (Lipinski definition) is 0. The van der Waals surface area contributed by atoms with Crippen molar-refractivity contribution in [2.75, 3.05) is 6.61 Å². The number of benzene rings is 3. The van der Waals surface area contributed by atoms with Crippen molar-refractivity contribution in [3.63, 3.8) is 0 Å². The normalized spacial score (nSPS) is 23.7. The molecule has 0 aliphatic carbocycles. The lowest BCUT2D eigenvalue weighted by atomic mass is 9.90. The summed E-state index contributed by atoms with van der Waals surface area (Å²) in [5.41, 5.74) is 10.3. The van der Waals surface area contributed by atoms with Crippen LogP contribution < -0.4 is 0 Å². The lowest BCUT2D eigenvalue weighted by molar-refractivity contribution is -0.150. The maximum absolute atomic E-state index is 12.5. The maximum Gasteiger partial charge on any atom is 0.338 e. The highest BCUT2D eigenvalue weighted by Gasteiger charge is 2.45. The first-order valence-electron chi connectivity index (χ1n) is 11.4. The summed E-state index contributed by atoms with van der Waals surface area (Å²) >= 11 is 1.47. The van der Waals surface area contributed by atoms with Gasteiger partial charge in [-0.15, -0.1) is 0 Å². The van der Waals surface area contributed by atoms with E-state index in [4.69, 9.17) is 14.2 Å². The second-order valence-electron chi connectivity index (χ2n) is 8.25. The maximum atomic E-state index is 12.5. The molecule has 0 unspecified atom stereocenters. The van der Waals surface area contributed by atoms with Gasteiger partial charge in [0.15, 0.2) is 0 Å². The van der Waals surface area contributed by atoms with Crippen LogP contribution >= 0.6 is 11.8 Å². The van der Waals surface area contributed by atoms with E-state index in [0.29, 0.717) is 12.2 Å². The van der Waals surface area contributed by atoms with E-state index in [1.807, 2.05) is 73.7 Å². The van der Waals surface area contributed by atoms with Gasteiger partial charge in [0.05, 0.1) is 30.4 Å². The molecule has 0 aromatic heterocycles. The van der Waals surface area contributed by atoms with Crippen LogP contribution in [0.25, 0.3) is 10.4 Å². The lowest BCUT2D eigenvalue weighted by Gasteiger charge is -2.43. The second-order valence-corrected chi connectivity index (χ2v) is 9.43. The Bertz CT molecular complexity index is 1130. The van der Waals surface area contributed by atoms with Crippen molar-refractivity contribution in [3.8, 4) is 0 Å². The Morgan fingerprint density at radius 3 is 2.29 bits per heavy atom. The highest BCUT2D eigenvalue weighted by Crippen LogP contribution is 2.39. The van der Waals surface area contributed by atoms with Crippen LogP contribution in [-0.2, 0) is 20.8 Å². The Hall–Kier alpha value is -3.29. The number of esters is 1. The van der Waals surface area contributed by atoms with Gasteiger partial charge in [0.2, 0.25) is 0 Å². The highest BCUT2D eigenvalue weighted by atomic mass is 32.2. The Kier molecular flexibility index (Phi) is 8.81. The lowest BCUT2D eigenvalue weighted by Crippen LogP contribution is -2.53. The Balaban J connectivity index is 1.54.